The van der Waals surface area contributed by atoms with Crippen LogP contribution < -0.4 is 5.32 Å². The van der Waals surface area contributed by atoms with Crippen LogP contribution in [0, 0.1) is 5.92 Å². The predicted molar refractivity (Wildman–Crippen MR) is 80.8 cm³/mol. The zero-order valence-electron chi connectivity index (χ0n) is 13.1. The molecule has 5 heteroatoms. The average molecular weight is 296 g/mol. The Labute approximate surface area is 127 Å². The zero-order valence-corrected chi connectivity index (χ0v) is 13.1. The third kappa shape index (κ3) is 4.99. The summed E-state index contributed by atoms with van der Waals surface area (Å²) in [6.45, 7) is 4.99. The monoisotopic (exact) mass is 296 g/mol. The van der Waals surface area contributed by atoms with Crippen molar-refractivity contribution in [2.45, 2.75) is 58.0 Å². The number of hydrogen-bond donors (Lipinski definition) is 1. The van der Waals surface area contributed by atoms with Gasteiger partial charge in [-0.05, 0) is 32.1 Å². The summed E-state index contributed by atoms with van der Waals surface area (Å²) in [5, 5.41) is 3.01. The van der Waals surface area contributed by atoms with E-state index in [1.807, 2.05) is 4.90 Å². The second kappa shape index (κ2) is 8.37. The Kier molecular flexibility index (Phi) is 6.49. The standard InChI is InChI=1S/C16H28N2O3/c1-2-3-6-15(19)18-9-7-13(8-10-18)16(20)17-12-14-5-4-11-21-14/h13-14H,2-12H2,1H3,(H,17,20). The molecule has 0 radical (unpaired) electrons. The van der Waals surface area contributed by atoms with Crippen LogP contribution in [-0.2, 0) is 14.3 Å². The Morgan fingerprint density at radius 1 is 1.24 bits per heavy atom. The first-order valence-corrected chi connectivity index (χ1v) is 8.37. The number of unbranched alkanes of at least 4 members (excludes halogenated alkanes) is 1. The van der Waals surface area contributed by atoms with Gasteiger partial charge in [-0.15, -0.1) is 0 Å². The number of carbonyl (C=O) groups excluding carboxylic acids is 2. The number of ether oxygens (including phenoxy) is 1. The first-order chi connectivity index (χ1) is 10.2. The highest BCUT2D eigenvalue weighted by Gasteiger charge is 2.27. The van der Waals surface area contributed by atoms with Gasteiger partial charge in [-0.3, -0.25) is 9.59 Å². The fourth-order valence-corrected chi connectivity index (χ4v) is 3.04. The van der Waals surface area contributed by atoms with Crippen LogP contribution in [0.1, 0.15) is 51.9 Å². The summed E-state index contributed by atoms with van der Waals surface area (Å²) >= 11 is 0. The van der Waals surface area contributed by atoms with Crippen LogP contribution in [0.15, 0.2) is 0 Å². The summed E-state index contributed by atoms with van der Waals surface area (Å²) in [4.78, 5) is 26.0. The third-order valence-corrected chi connectivity index (χ3v) is 4.49. The molecule has 2 aliphatic heterocycles. The van der Waals surface area contributed by atoms with Crippen molar-refractivity contribution >= 4 is 11.8 Å². The molecule has 1 unspecified atom stereocenters. The highest BCUT2D eigenvalue weighted by atomic mass is 16.5. The Bertz CT molecular complexity index is 345. The van der Waals surface area contributed by atoms with Crippen molar-refractivity contribution in [3.63, 3.8) is 0 Å². The first kappa shape index (κ1) is 16.3. The summed E-state index contributed by atoms with van der Waals surface area (Å²) in [5.41, 5.74) is 0. The molecule has 2 aliphatic rings. The van der Waals surface area contributed by atoms with Crippen LogP contribution in [0.5, 0.6) is 0 Å². The second-order valence-corrected chi connectivity index (χ2v) is 6.14. The van der Waals surface area contributed by atoms with Gasteiger partial charge in [-0.25, -0.2) is 0 Å². The van der Waals surface area contributed by atoms with E-state index in [1.165, 1.54) is 0 Å². The maximum atomic E-state index is 12.1. The highest BCUT2D eigenvalue weighted by molar-refractivity contribution is 5.80. The van der Waals surface area contributed by atoms with Gasteiger partial charge in [-0.2, -0.15) is 0 Å². The van der Waals surface area contributed by atoms with Gasteiger partial charge < -0.3 is 15.0 Å². The molecule has 1 N–H and O–H groups in total. The van der Waals surface area contributed by atoms with E-state index in [9.17, 15) is 9.59 Å². The molecule has 21 heavy (non-hydrogen) atoms. The summed E-state index contributed by atoms with van der Waals surface area (Å²) in [5.74, 6) is 0.433. The fraction of sp³-hybridized carbons (Fsp3) is 0.875. The molecule has 0 aliphatic carbocycles. The van der Waals surface area contributed by atoms with E-state index in [4.69, 9.17) is 4.74 Å². The number of piperidine rings is 1. The van der Waals surface area contributed by atoms with Gasteiger partial charge in [0.25, 0.3) is 0 Å². The SMILES string of the molecule is CCCCC(=O)N1CCC(C(=O)NCC2CCCO2)CC1. The Balaban J connectivity index is 1.65. The number of nitrogens with one attached hydrogen (secondary N) is 1. The van der Waals surface area contributed by atoms with Crippen molar-refractivity contribution in [2.75, 3.05) is 26.2 Å². The number of nitrogens with zero attached hydrogens (tertiary/aromatic N) is 1. The lowest BCUT2D eigenvalue weighted by atomic mass is 9.95. The second-order valence-electron chi connectivity index (χ2n) is 6.14. The quantitative estimate of drug-likeness (QED) is 0.812. The molecular weight excluding hydrogens is 268 g/mol. The number of amides is 2. The van der Waals surface area contributed by atoms with Gasteiger partial charge in [0.05, 0.1) is 6.10 Å². The molecule has 2 amide bonds. The van der Waals surface area contributed by atoms with Gasteiger partial charge in [-0.1, -0.05) is 13.3 Å². The van der Waals surface area contributed by atoms with Gasteiger partial charge in [0, 0.05) is 38.6 Å². The zero-order chi connectivity index (χ0) is 15.1. The van der Waals surface area contributed by atoms with Gasteiger partial charge in [0.15, 0.2) is 0 Å². The summed E-state index contributed by atoms with van der Waals surface area (Å²) in [7, 11) is 0. The van der Waals surface area contributed by atoms with Crippen LogP contribution in [-0.4, -0.2) is 49.1 Å². The molecule has 0 aromatic rings. The van der Waals surface area contributed by atoms with Crippen LogP contribution >= 0.6 is 0 Å². The van der Waals surface area contributed by atoms with Crippen molar-refractivity contribution in [3.8, 4) is 0 Å². The minimum Gasteiger partial charge on any atom is -0.376 e. The number of hydrogen-bond acceptors (Lipinski definition) is 3. The van der Waals surface area contributed by atoms with Gasteiger partial charge in [0.2, 0.25) is 11.8 Å². The van der Waals surface area contributed by atoms with Crippen LogP contribution in [0.4, 0.5) is 0 Å². The maximum Gasteiger partial charge on any atom is 0.223 e. The molecule has 0 spiro atoms. The lowest BCUT2D eigenvalue weighted by Crippen LogP contribution is -2.44. The lowest BCUT2D eigenvalue weighted by Gasteiger charge is -2.31. The molecular formula is C16H28N2O3. The molecule has 0 aromatic carbocycles. The predicted octanol–water partition coefficient (Wildman–Crippen LogP) is 1.71. The Morgan fingerprint density at radius 2 is 2.00 bits per heavy atom. The van der Waals surface area contributed by atoms with Crippen molar-refractivity contribution < 1.29 is 14.3 Å². The molecule has 2 saturated heterocycles. The van der Waals surface area contributed by atoms with E-state index in [-0.39, 0.29) is 23.8 Å². The lowest BCUT2D eigenvalue weighted by molar-refractivity contribution is -0.135. The molecule has 120 valence electrons. The summed E-state index contributed by atoms with van der Waals surface area (Å²) in [6.07, 6.45) is 6.57. The molecule has 2 rings (SSSR count). The molecule has 0 aromatic heterocycles. The Hall–Kier alpha value is -1.10. The van der Waals surface area contributed by atoms with Gasteiger partial charge in [0.1, 0.15) is 0 Å². The van der Waals surface area contributed by atoms with E-state index < -0.39 is 0 Å². The first-order valence-electron chi connectivity index (χ1n) is 8.37. The number of rotatable bonds is 6. The number of carbonyl (C=O) groups is 2. The smallest absolute Gasteiger partial charge is 0.223 e. The van der Waals surface area contributed by atoms with Crippen LogP contribution in [0.2, 0.25) is 0 Å². The molecule has 0 saturated carbocycles. The topological polar surface area (TPSA) is 58.6 Å². The normalized spacial score (nSPS) is 23.3. The van der Waals surface area contributed by atoms with Crippen LogP contribution in [0.25, 0.3) is 0 Å². The van der Waals surface area contributed by atoms with E-state index in [0.717, 1.165) is 58.2 Å². The molecule has 2 heterocycles. The molecule has 5 nitrogen and oxygen atoms in total. The van der Waals surface area contributed by atoms with E-state index in [0.29, 0.717) is 13.0 Å². The fourth-order valence-electron chi connectivity index (χ4n) is 3.04. The van der Waals surface area contributed by atoms with Crippen LogP contribution in [0.3, 0.4) is 0 Å². The van der Waals surface area contributed by atoms with Crippen molar-refractivity contribution in [1.82, 2.24) is 10.2 Å². The Morgan fingerprint density at radius 3 is 2.62 bits per heavy atom. The van der Waals surface area contributed by atoms with E-state index in [2.05, 4.69) is 12.2 Å². The molecule has 1 atom stereocenters. The average Bonchev–Trinajstić information content (AvgIpc) is 3.04. The summed E-state index contributed by atoms with van der Waals surface area (Å²) < 4.78 is 5.51. The van der Waals surface area contributed by atoms with E-state index >= 15 is 0 Å². The number of likely N-dealkylation sites (tertiary alicyclic amines) is 1. The summed E-state index contributed by atoms with van der Waals surface area (Å²) in [6, 6.07) is 0. The minimum atomic E-state index is 0.0571. The maximum absolute atomic E-state index is 12.1. The molecule has 0 bridgehead atoms. The molecule has 2 fully saturated rings. The highest BCUT2D eigenvalue weighted by Crippen LogP contribution is 2.19. The third-order valence-electron chi connectivity index (χ3n) is 4.49. The van der Waals surface area contributed by atoms with Crippen molar-refractivity contribution in [2.24, 2.45) is 5.92 Å². The van der Waals surface area contributed by atoms with Crippen molar-refractivity contribution in [1.29, 1.82) is 0 Å². The minimum absolute atomic E-state index is 0.0571. The van der Waals surface area contributed by atoms with Gasteiger partial charge >= 0.3 is 0 Å². The van der Waals surface area contributed by atoms with Crippen molar-refractivity contribution in [3.05, 3.63) is 0 Å². The largest absolute Gasteiger partial charge is 0.376 e. The van der Waals surface area contributed by atoms with E-state index in [1.54, 1.807) is 0 Å².